The van der Waals surface area contributed by atoms with Gasteiger partial charge in [-0.25, -0.2) is 0 Å². The number of allylic oxidation sites excluding steroid dienone is 2. The van der Waals surface area contributed by atoms with Crippen LogP contribution in [0.3, 0.4) is 0 Å². The Morgan fingerprint density at radius 1 is 1.40 bits per heavy atom. The molecule has 15 heavy (non-hydrogen) atoms. The zero-order valence-corrected chi connectivity index (χ0v) is 9.60. The number of pyridine rings is 1. The third-order valence-electron chi connectivity index (χ3n) is 3.03. The van der Waals surface area contributed by atoms with Crippen LogP contribution in [0.15, 0.2) is 23.7 Å². The molecule has 1 aliphatic carbocycles. The Morgan fingerprint density at radius 3 is 3.13 bits per heavy atom. The highest BCUT2D eigenvalue weighted by atomic mass is 32.1. The maximum absolute atomic E-state index is 4.54. The standard InChI is InChI=1S/C13H13NS/c1-9-8-15-13-11(9)6-7-14-12(13)10-4-2-3-5-10/h4,6-8H,2-3,5H2,1H3. The van der Waals surface area contributed by atoms with Gasteiger partial charge in [-0.15, -0.1) is 11.3 Å². The van der Waals surface area contributed by atoms with Crippen molar-refractivity contribution in [1.29, 1.82) is 0 Å². The Labute approximate surface area is 93.5 Å². The number of hydrogen-bond donors (Lipinski definition) is 0. The quantitative estimate of drug-likeness (QED) is 0.695. The van der Waals surface area contributed by atoms with Crippen LogP contribution in [0.1, 0.15) is 30.5 Å². The second kappa shape index (κ2) is 3.46. The van der Waals surface area contributed by atoms with Crippen LogP contribution in [0.4, 0.5) is 0 Å². The van der Waals surface area contributed by atoms with E-state index in [1.165, 1.54) is 46.2 Å². The molecule has 0 spiro atoms. The molecule has 0 N–H and O–H groups in total. The van der Waals surface area contributed by atoms with Gasteiger partial charge in [0.2, 0.25) is 0 Å². The Bertz CT molecular complexity index is 536. The van der Waals surface area contributed by atoms with E-state index in [-0.39, 0.29) is 0 Å². The lowest BCUT2D eigenvalue weighted by Crippen LogP contribution is -1.86. The van der Waals surface area contributed by atoms with E-state index in [2.05, 4.69) is 29.4 Å². The predicted molar refractivity (Wildman–Crippen MR) is 66.2 cm³/mol. The molecule has 0 bridgehead atoms. The van der Waals surface area contributed by atoms with Gasteiger partial charge in [0.05, 0.1) is 10.4 Å². The van der Waals surface area contributed by atoms with Crippen LogP contribution < -0.4 is 0 Å². The molecule has 2 heterocycles. The molecule has 3 rings (SSSR count). The summed E-state index contributed by atoms with van der Waals surface area (Å²) in [5.41, 5.74) is 4.04. The van der Waals surface area contributed by atoms with Gasteiger partial charge in [0.1, 0.15) is 0 Å². The molecule has 2 aromatic rings. The monoisotopic (exact) mass is 215 g/mol. The molecule has 0 aliphatic heterocycles. The Balaban J connectivity index is 2.26. The van der Waals surface area contributed by atoms with Crippen LogP contribution in [0, 0.1) is 6.92 Å². The van der Waals surface area contributed by atoms with E-state index in [9.17, 15) is 0 Å². The van der Waals surface area contributed by atoms with Gasteiger partial charge in [-0.2, -0.15) is 0 Å². The summed E-state index contributed by atoms with van der Waals surface area (Å²) in [4.78, 5) is 4.54. The molecule has 1 nitrogen and oxygen atoms in total. The lowest BCUT2D eigenvalue weighted by atomic mass is 10.1. The predicted octanol–water partition coefficient (Wildman–Crippen LogP) is 4.17. The minimum atomic E-state index is 1.20. The van der Waals surface area contributed by atoms with E-state index in [0.717, 1.165) is 0 Å². The molecule has 0 fully saturated rings. The van der Waals surface area contributed by atoms with E-state index in [1.807, 2.05) is 17.5 Å². The first-order valence-electron chi connectivity index (χ1n) is 5.38. The minimum Gasteiger partial charge on any atom is -0.255 e. The first kappa shape index (κ1) is 9.10. The van der Waals surface area contributed by atoms with Crippen LogP contribution in [-0.4, -0.2) is 4.98 Å². The highest BCUT2D eigenvalue weighted by Gasteiger charge is 2.13. The molecule has 76 valence electrons. The van der Waals surface area contributed by atoms with Crippen LogP contribution in [-0.2, 0) is 0 Å². The molecule has 2 heteroatoms. The smallest absolute Gasteiger partial charge is 0.0836 e. The van der Waals surface area contributed by atoms with Crippen molar-refractivity contribution in [3.8, 4) is 0 Å². The molecule has 0 atom stereocenters. The van der Waals surface area contributed by atoms with E-state index in [0.29, 0.717) is 0 Å². The van der Waals surface area contributed by atoms with Gasteiger partial charge >= 0.3 is 0 Å². The lowest BCUT2D eigenvalue weighted by molar-refractivity contribution is 0.933. The zero-order chi connectivity index (χ0) is 10.3. The van der Waals surface area contributed by atoms with Crippen molar-refractivity contribution in [3.63, 3.8) is 0 Å². The third-order valence-corrected chi connectivity index (χ3v) is 4.15. The summed E-state index contributed by atoms with van der Waals surface area (Å²) >= 11 is 1.82. The van der Waals surface area contributed by atoms with E-state index >= 15 is 0 Å². The number of fused-ring (bicyclic) bond motifs is 1. The van der Waals surface area contributed by atoms with Gasteiger partial charge < -0.3 is 0 Å². The van der Waals surface area contributed by atoms with Crippen molar-refractivity contribution < 1.29 is 0 Å². The van der Waals surface area contributed by atoms with Crippen molar-refractivity contribution >= 4 is 27.0 Å². The number of aromatic nitrogens is 1. The molecule has 0 unspecified atom stereocenters. The van der Waals surface area contributed by atoms with Crippen molar-refractivity contribution in [1.82, 2.24) is 4.98 Å². The highest BCUT2D eigenvalue weighted by molar-refractivity contribution is 7.17. The van der Waals surface area contributed by atoms with E-state index in [1.54, 1.807) is 0 Å². The van der Waals surface area contributed by atoms with Gasteiger partial charge in [-0.3, -0.25) is 4.98 Å². The summed E-state index contributed by atoms with van der Waals surface area (Å²) in [5, 5.41) is 3.60. The summed E-state index contributed by atoms with van der Waals surface area (Å²) in [6, 6.07) is 2.13. The van der Waals surface area contributed by atoms with Gasteiger partial charge in [0, 0.05) is 6.20 Å². The number of thiophene rings is 1. The van der Waals surface area contributed by atoms with Gasteiger partial charge in [-0.1, -0.05) is 6.08 Å². The van der Waals surface area contributed by atoms with Crippen molar-refractivity contribution in [3.05, 3.63) is 35.0 Å². The molecular formula is C13H13NS. The fourth-order valence-electron chi connectivity index (χ4n) is 2.20. The summed E-state index contributed by atoms with van der Waals surface area (Å²) < 4.78 is 1.36. The summed E-state index contributed by atoms with van der Waals surface area (Å²) in [6.07, 6.45) is 7.99. The summed E-state index contributed by atoms with van der Waals surface area (Å²) in [7, 11) is 0. The third kappa shape index (κ3) is 1.40. The summed E-state index contributed by atoms with van der Waals surface area (Å²) in [5.74, 6) is 0. The topological polar surface area (TPSA) is 12.9 Å². The van der Waals surface area contributed by atoms with Gasteiger partial charge in [-0.05, 0) is 54.2 Å². The second-order valence-electron chi connectivity index (χ2n) is 4.08. The summed E-state index contributed by atoms with van der Waals surface area (Å²) in [6.45, 7) is 2.17. The molecule has 0 radical (unpaired) electrons. The second-order valence-corrected chi connectivity index (χ2v) is 4.96. The zero-order valence-electron chi connectivity index (χ0n) is 8.79. The van der Waals surface area contributed by atoms with Gasteiger partial charge in [0.25, 0.3) is 0 Å². The lowest BCUT2D eigenvalue weighted by Gasteiger charge is -2.02. The first-order valence-corrected chi connectivity index (χ1v) is 6.26. The van der Waals surface area contributed by atoms with Crippen molar-refractivity contribution in [2.75, 3.05) is 0 Å². The SMILES string of the molecule is Cc1csc2c(C3=CCCC3)nccc12. The molecule has 0 saturated carbocycles. The number of nitrogens with zero attached hydrogens (tertiary/aromatic N) is 1. The maximum atomic E-state index is 4.54. The van der Waals surface area contributed by atoms with Crippen LogP contribution in [0.2, 0.25) is 0 Å². The van der Waals surface area contributed by atoms with Crippen molar-refractivity contribution in [2.45, 2.75) is 26.2 Å². The Kier molecular flexibility index (Phi) is 2.10. The van der Waals surface area contributed by atoms with E-state index < -0.39 is 0 Å². The molecule has 2 aromatic heterocycles. The van der Waals surface area contributed by atoms with E-state index in [4.69, 9.17) is 0 Å². The molecular weight excluding hydrogens is 202 g/mol. The highest BCUT2D eigenvalue weighted by Crippen LogP contribution is 2.35. The largest absolute Gasteiger partial charge is 0.255 e. The molecule has 0 amide bonds. The Hall–Kier alpha value is -1.15. The van der Waals surface area contributed by atoms with Crippen LogP contribution in [0.25, 0.3) is 15.7 Å². The number of aryl methyl sites for hydroxylation is 1. The van der Waals surface area contributed by atoms with Crippen molar-refractivity contribution in [2.24, 2.45) is 0 Å². The van der Waals surface area contributed by atoms with Crippen LogP contribution >= 0.6 is 11.3 Å². The van der Waals surface area contributed by atoms with Gasteiger partial charge in [0.15, 0.2) is 0 Å². The molecule has 1 aliphatic rings. The van der Waals surface area contributed by atoms with Crippen LogP contribution in [0.5, 0.6) is 0 Å². The maximum Gasteiger partial charge on any atom is 0.0836 e. The first-order chi connectivity index (χ1) is 7.36. The fraction of sp³-hybridized carbons (Fsp3) is 0.308. The normalized spacial score (nSPS) is 15.9. The molecule has 0 saturated heterocycles. The number of rotatable bonds is 1. The minimum absolute atomic E-state index is 1.20. The molecule has 0 aromatic carbocycles. The average Bonchev–Trinajstić information content (AvgIpc) is 2.88. The average molecular weight is 215 g/mol. The Morgan fingerprint density at radius 2 is 2.33 bits per heavy atom. The fourth-order valence-corrected chi connectivity index (χ4v) is 3.28. The number of hydrogen-bond acceptors (Lipinski definition) is 2.